The molecule has 2 heterocycles. The number of hydrogen-bond donors (Lipinski definition) is 4. The van der Waals surface area contributed by atoms with Crippen LogP contribution in [0.25, 0.3) is 22.1 Å². The second-order valence-corrected chi connectivity index (χ2v) is 6.96. The Hall–Kier alpha value is -2.82. The van der Waals surface area contributed by atoms with Gasteiger partial charge in [0.1, 0.15) is 47.8 Å². The van der Waals surface area contributed by atoms with E-state index in [9.17, 15) is 29.6 Å². The minimum atomic E-state index is -1.57. The molecular weight excluding hydrogens is 399 g/mol. The van der Waals surface area contributed by atoms with Crippen LogP contribution in [-0.4, -0.2) is 57.7 Å². The Morgan fingerprint density at radius 2 is 1.73 bits per heavy atom. The van der Waals surface area contributed by atoms with E-state index < -0.39 is 43.1 Å². The van der Waals surface area contributed by atoms with Crippen LogP contribution in [-0.2, 0) is 4.74 Å². The quantitative estimate of drug-likeness (QED) is 0.489. The van der Waals surface area contributed by atoms with Gasteiger partial charge in [-0.2, -0.15) is 0 Å². The van der Waals surface area contributed by atoms with Crippen LogP contribution in [0.2, 0.25) is 0 Å². The maximum atomic E-state index is 13.1. The highest BCUT2D eigenvalue weighted by Crippen LogP contribution is 2.27. The Labute approximate surface area is 169 Å². The molecule has 1 saturated heterocycles. The fourth-order valence-electron chi connectivity index (χ4n) is 3.31. The molecule has 1 aromatic heterocycles. The van der Waals surface area contributed by atoms with Gasteiger partial charge in [-0.3, -0.25) is 4.79 Å². The zero-order chi connectivity index (χ0) is 21.4. The van der Waals surface area contributed by atoms with Gasteiger partial charge in [-0.15, -0.1) is 0 Å². The van der Waals surface area contributed by atoms with Crippen molar-refractivity contribution in [3.8, 4) is 16.9 Å². The Morgan fingerprint density at radius 3 is 2.43 bits per heavy atom. The van der Waals surface area contributed by atoms with Crippen LogP contribution in [0, 0.1) is 5.82 Å². The van der Waals surface area contributed by atoms with Crippen molar-refractivity contribution in [1.82, 2.24) is 0 Å². The van der Waals surface area contributed by atoms with Gasteiger partial charge in [-0.25, -0.2) is 4.39 Å². The first-order valence-electron chi connectivity index (χ1n) is 9.17. The monoisotopic (exact) mass is 418 g/mol. The van der Waals surface area contributed by atoms with E-state index in [0.29, 0.717) is 5.56 Å². The third-order valence-electron chi connectivity index (χ3n) is 5.00. The first-order chi connectivity index (χ1) is 14.4. The van der Waals surface area contributed by atoms with E-state index in [-0.39, 0.29) is 27.7 Å². The molecule has 0 unspecified atom stereocenters. The van der Waals surface area contributed by atoms with E-state index in [1.54, 1.807) is 0 Å². The number of rotatable bonds is 4. The van der Waals surface area contributed by atoms with Crippen molar-refractivity contribution in [3.63, 3.8) is 0 Å². The Kier molecular flexibility index (Phi) is 5.54. The SMILES string of the molecule is O=c1c(-c2ccc(F)cc2)coc2cc(O[C@@H]3O[C@@H](CO)[C@@H](O)[C@@H](O)[C@H]3O)ccc12. The second-order valence-electron chi connectivity index (χ2n) is 6.96. The van der Waals surface area contributed by atoms with Gasteiger partial charge >= 0.3 is 0 Å². The summed E-state index contributed by atoms with van der Waals surface area (Å²) < 4.78 is 29.5. The zero-order valence-electron chi connectivity index (χ0n) is 15.5. The minimum Gasteiger partial charge on any atom is -0.463 e. The molecule has 1 aliphatic rings. The maximum absolute atomic E-state index is 13.1. The highest BCUT2D eigenvalue weighted by atomic mass is 19.1. The number of ether oxygens (including phenoxy) is 2. The van der Waals surface area contributed by atoms with E-state index in [1.165, 1.54) is 48.7 Å². The van der Waals surface area contributed by atoms with E-state index in [0.717, 1.165) is 0 Å². The number of aliphatic hydroxyl groups excluding tert-OH is 4. The smallest absolute Gasteiger partial charge is 0.229 e. The van der Waals surface area contributed by atoms with Gasteiger partial charge in [-0.05, 0) is 29.8 Å². The van der Waals surface area contributed by atoms with Crippen molar-refractivity contribution in [2.45, 2.75) is 30.7 Å². The summed E-state index contributed by atoms with van der Waals surface area (Å²) in [5.74, 6) is -0.247. The molecule has 0 spiro atoms. The lowest BCUT2D eigenvalue weighted by Crippen LogP contribution is -2.60. The van der Waals surface area contributed by atoms with Gasteiger partial charge in [0.05, 0.1) is 17.6 Å². The fraction of sp³-hybridized carbons (Fsp3) is 0.286. The van der Waals surface area contributed by atoms with Crippen LogP contribution in [0.1, 0.15) is 0 Å². The number of benzene rings is 2. The molecule has 5 atom stereocenters. The molecule has 0 aliphatic carbocycles. The number of fused-ring (bicyclic) bond motifs is 1. The molecule has 4 rings (SSSR count). The molecule has 0 radical (unpaired) electrons. The van der Waals surface area contributed by atoms with E-state index in [1.807, 2.05) is 0 Å². The van der Waals surface area contributed by atoms with Crippen molar-refractivity contribution < 1.29 is 38.7 Å². The van der Waals surface area contributed by atoms with Gasteiger partial charge in [0.15, 0.2) is 5.43 Å². The molecule has 1 aliphatic heterocycles. The maximum Gasteiger partial charge on any atom is 0.229 e. The molecule has 0 amide bonds. The van der Waals surface area contributed by atoms with Crippen molar-refractivity contribution in [1.29, 1.82) is 0 Å². The lowest BCUT2D eigenvalue weighted by atomic mass is 9.99. The van der Waals surface area contributed by atoms with Crippen LogP contribution in [0.15, 0.2) is 57.9 Å². The Balaban J connectivity index is 1.62. The average molecular weight is 418 g/mol. The number of aliphatic hydroxyl groups is 4. The van der Waals surface area contributed by atoms with Gasteiger partial charge in [0.2, 0.25) is 6.29 Å². The molecular formula is C21H19FO8. The molecule has 158 valence electrons. The predicted octanol–water partition coefficient (Wildman–Crippen LogP) is 0.778. The van der Waals surface area contributed by atoms with Crippen LogP contribution < -0.4 is 10.2 Å². The standard InChI is InChI=1S/C21H19FO8/c22-11-3-1-10(2-4-11)14-9-28-15-7-12(5-6-13(15)17(14)24)29-21-20(27)19(26)18(25)16(8-23)30-21/h1-7,9,16,18-21,23,25-27H,8H2/t16-,18+,19+,20+,21+/m0/s1. The molecule has 4 N–H and O–H groups in total. The van der Waals surface area contributed by atoms with E-state index in [2.05, 4.69) is 0 Å². The molecule has 3 aromatic rings. The number of halogens is 1. The Bertz CT molecular complexity index is 1090. The van der Waals surface area contributed by atoms with Crippen LogP contribution in [0.4, 0.5) is 4.39 Å². The molecule has 2 aromatic carbocycles. The normalized spacial score (nSPS) is 26.6. The average Bonchev–Trinajstić information content (AvgIpc) is 2.75. The summed E-state index contributed by atoms with van der Waals surface area (Å²) in [6.07, 6.45) is -5.84. The molecule has 0 bridgehead atoms. The van der Waals surface area contributed by atoms with Crippen LogP contribution >= 0.6 is 0 Å². The zero-order valence-corrected chi connectivity index (χ0v) is 15.5. The van der Waals surface area contributed by atoms with Crippen molar-refractivity contribution in [3.05, 3.63) is 64.8 Å². The summed E-state index contributed by atoms with van der Waals surface area (Å²) in [7, 11) is 0. The summed E-state index contributed by atoms with van der Waals surface area (Å²) >= 11 is 0. The van der Waals surface area contributed by atoms with E-state index >= 15 is 0 Å². The predicted molar refractivity (Wildman–Crippen MR) is 102 cm³/mol. The first-order valence-corrected chi connectivity index (χ1v) is 9.17. The molecule has 0 saturated carbocycles. The fourth-order valence-corrected chi connectivity index (χ4v) is 3.31. The minimum absolute atomic E-state index is 0.171. The summed E-state index contributed by atoms with van der Waals surface area (Å²) in [4.78, 5) is 12.8. The first kappa shape index (κ1) is 20.5. The molecule has 1 fully saturated rings. The second kappa shape index (κ2) is 8.13. The molecule has 9 heteroatoms. The third-order valence-corrected chi connectivity index (χ3v) is 5.00. The highest BCUT2D eigenvalue weighted by Gasteiger charge is 2.44. The lowest BCUT2D eigenvalue weighted by Gasteiger charge is -2.39. The van der Waals surface area contributed by atoms with Crippen LogP contribution in [0.3, 0.4) is 0 Å². The van der Waals surface area contributed by atoms with Crippen LogP contribution in [0.5, 0.6) is 5.75 Å². The van der Waals surface area contributed by atoms with Crippen molar-refractivity contribution >= 4 is 11.0 Å². The largest absolute Gasteiger partial charge is 0.463 e. The summed E-state index contributed by atoms with van der Waals surface area (Å²) in [5.41, 5.74) is 0.661. The summed E-state index contributed by atoms with van der Waals surface area (Å²) in [6.45, 7) is -0.580. The van der Waals surface area contributed by atoms with Gasteiger partial charge in [-0.1, -0.05) is 12.1 Å². The summed E-state index contributed by atoms with van der Waals surface area (Å²) in [5, 5.41) is 39.3. The Morgan fingerprint density at radius 1 is 1.00 bits per heavy atom. The van der Waals surface area contributed by atoms with Gasteiger partial charge in [0.25, 0.3) is 0 Å². The topological polar surface area (TPSA) is 130 Å². The van der Waals surface area contributed by atoms with E-state index in [4.69, 9.17) is 13.9 Å². The van der Waals surface area contributed by atoms with Gasteiger partial charge in [0, 0.05) is 6.07 Å². The lowest BCUT2D eigenvalue weighted by molar-refractivity contribution is -0.277. The molecule has 30 heavy (non-hydrogen) atoms. The molecule has 8 nitrogen and oxygen atoms in total. The third kappa shape index (κ3) is 3.69. The van der Waals surface area contributed by atoms with Crippen molar-refractivity contribution in [2.24, 2.45) is 0 Å². The number of hydrogen-bond acceptors (Lipinski definition) is 8. The summed E-state index contributed by atoms with van der Waals surface area (Å²) in [6, 6.07) is 9.77. The van der Waals surface area contributed by atoms with Crippen molar-refractivity contribution in [2.75, 3.05) is 6.61 Å². The highest BCUT2D eigenvalue weighted by molar-refractivity contribution is 5.82. The van der Waals surface area contributed by atoms with Gasteiger partial charge < -0.3 is 34.3 Å².